The van der Waals surface area contributed by atoms with Crippen LogP contribution in [0.2, 0.25) is 13.1 Å². The lowest BCUT2D eigenvalue weighted by Gasteiger charge is -2.24. The Morgan fingerprint density at radius 1 is 1.47 bits per heavy atom. The van der Waals surface area contributed by atoms with Gasteiger partial charge in [0, 0.05) is 12.6 Å². The van der Waals surface area contributed by atoms with Crippen molar-refractivity contribution in [2.24, 2.45) is 0 Å². The van der Waals surface area contributed by atoms with Crippen molar-refractivity contribution in [2.45, 2.75) is 57.8 Å². The van der Waals surface area contributed by atoms with Crippen LogP contribution in [0.1, 0.15) is 32.6 Å². The molecular formula is C11H25NO2Si. The molecular weight excluding hydrogens is 206 g/mol. The first-order valence-electron chi connectivity index (χ1n) is 6.17. The van der Waals surface area contributed by atoms with Crippen LogP contribution < -0.4 is 0 Å². The molecule has 90 valence electrons. The molecule has 0 aromatic carbocycles. The Bertz CT molecular complexity index is 178. The Labute approximate surface area is 95.2 Å². The molecule has 2 unspecified atom stereocenters. The molecule has 1 saturated heterocycles. The molecule has 15 heavy (non-hydrogen) atoms. The Morgan fingerprint density at radius 2 is 2.20 bits per heavy atom. The van der Waals surface area contributed by atoms with Crippen molar-refractivity contribution in [1.82, 2.24) is 4.90 Å². The van der Waals surface area contributed by atoms with Gasteiger partial charge in [0.05, 0.1) is 12.8 Å². The molecule has 0 radical (unpaired) electrons. The highest BCUT2D eigenvalue weighted by Gasteiger charge is 2.30. The Morgan fingerprint density at radius 3 is 2.80 bits per heavy atom. The van der Waals surface area contributed by atoms with Crippen molar-refractivity contribution in [3.63, 3.8) is 0 Å². The van der Waals surface area contributed by atoms with E-state index in [0.717, 1.165) is 19.7 Å². The molecule has 1 aliphatic rings. The molecule has 1 fully saturated rings. The van der Waals surface area contributed by atoms with E-state index < -0.39 is 9.04 Å². The van der Waals surface area contributed by atoms with E-state index in [-0.39, 0.29) is 6.10 Å². The molecule has 3 nitrogen and oxygen atoms in total. The van der Waals surface area contributed by atoms with Crippen molar-refractivity contribution in [3.8, 4) is 0 Å². The number of aliphatic hydroxyl groups excluding tert-OH is 1. The highest BCUT2D eigenvalue weighted by Crippen LogP contribution is 2.22. The number of rotatable bonds is 6. The van der Waals surface area contributed by atoms with Crippen LogP contribution in [0.5, 0.6) is 0 Å². The smallest absolute Gasteiger partial charge is 0.172 e. The summed E-state index contributed by atoms with van der Waals surface area (Å²) in [6.45, 7) is 8.12. The number of aliphatic hydroxyl groups is 1. The first kappa shape index (κ1) is 13.2. The van der Waals surface area contributed by atoms with Gasteiger partial charge >= 0.3 is 0 Å². The number of hydrogen-bond donors (Lipinski definition) is 1. The zero-order chi connectivity index (χ0) is 11.3. The van der Waals surface area contributed by atoms with Gasteiger partial charge in [-0.15, -0.1) is 0 Å². The van der Waals surface area contributed by atoms with Crippen molar-refractivity contribution in [2.75, 3.05) is 13.3 Å². The molecule has 0 spiro atoms. The quantitative estimate of drug-likeness (QED) is 0.704. The summed E-state index contributed by atoms with van der Waals surface area (Å²) >= 11 is 0. The molecule has 0 saturated carbocycles. The fraction of sp³-hybridized carbons (Fsp3) is 1.00. The molecule has 0 bridgehead atoms. The van der Waals surface area contributed by atoms with Crippen molar-refractivity contribution in [3.05, 3.63) is 0 Å². The van der Waals surface area contributed by atoms with Gasteiger partial charge in [-0.25, -0.2) is 0 Å². The summed E-state index contributed by atoms with van der Waals surface area (Å²) in [5.41, 5.74) is 0. The highest BCUT2D eigenvalue weighted by atomic mass is 28.3. The maximum atomic E-state index is 9.65. The van der Waals surface area contributed by atoms with Crippen LogP contribution in [0.25, 0.3) is 0 Å². The van der Waals surface area contributed by atoms with Gasteiger partial charge in [-0.05, 0) is 25.9 Å². The van der Waals surface area contributed by atoms with E-state index in [1.54, 1.807) is 0 Å². The molecule has 4 heteroatoms. The highest BCUT2D eigenvalue weighted by molar-refractivity contribution is 6.48. The third kappa shape index (κ3) is 4.63. The van der Waals surface area contributed by atoms with Crippen molar-refractivity contribution in [1.29, 1.82) is 0 Å². The van der Waals surface area contributed by atoms with Crippen LogP contribution in [0.15, 0.2) is 0 Å². The molecule has 0 aromatic rings. The van der Waals surface area contributed by atoms with Gasteiger partial charge in [0.25, 0.3) is 0 Å². The van der Waals surface area contributed by atoms with E-state index >= 15 is 0 Å². The SMILES string of the molecule is CCCCC1CC(O)CN1CO[SiH](C)C. The second-order valence-corrected chi connectivity index (χ2v) is 7.23. The second kappa shape index (κ2) is 6.63. The van der Waals surface area contributed by atoms with Crippen LogP contribution >= 0.6 is 0 Å². The van der Waals surface area contributed by atoms with Crippen LogP contribution in [0, 0.1) is 0 Å². The molecule has 0 aromatic heterocycles. The molecule has 1 rings (SSSR count). The predicted molar refractivity (Wildman–Crippen MR) is 65.5 cm³/mol. The zero-order valence-corrected chi connectivity index (χ0v) is 11.4. The summed E-state index contributed by atoms with van der Waals surface area (Å²) in [6, 6.07) is 0.549. The molecule has 0 aliphatic carbocycles. The largest absolute Gasteiger partial charge is 0.408 e. The topological polar surface area (TPSA) is 32.7 Å². The van der Waals surface area contributed by atoms with Gasteiger partial charge in [0.2, 0.25) is 0 Å². The lowest BCUT2D eigenvalue weighted by molar-refractivity contribution is 0.0982. The number of β-amino-alcohol motifs (C(OH)–C–C–N with tert-alkyl or cyclic N) is 1. The van der Waals surface area contributed by atoms with Gasteiger partial charge in [-0.2, -0.15) is 0 Å². The molecule has 1 N–H and O–H groups in total. The summed E-state index contributed by atoms with van der Waals surface area (Å²) in [7, 11) is -0.925. The lowest BCUT2D eigenvalue weighted by atomic mass is 10.1. The summed E-state index contributed by atoms with van der Waals surface area (Å²) in [4.78, 5) is 2.31. The monoisotopic (exact) mass is 231 g/mol. The number of likely N-dealkylation sites (tertiary alicyclic amines) is 1. The summed E-state index contributed by atoms with van der Waals surface area (Å²) in [6.07, 6.45) is 4.50. The van der Waals surface area contributed by atoms with E-state index in [1.807, 2.05) is 0 Å². The predicted octanol–water partition coefficient (Wildman–Crippen LogP) is 1.57. The van der Waals surface area contributed by atoms with Crippen LogP contribution in [0.3, 0.4) is 0 Å². The van der Waals surface area contributed by atoms with Crippen molar-refractivity contribution >= 4 is 9.04 Å². The fourth-order valence-corrected chi connectivity index (χ4v) is 2.59. The van der Waals surface area contributed by atoms with Gasteiger partial charge in [0.15, 0.2) is 9.04 Å². The Balaban J connectivity index is 2.31. The van der Waals surface area contributed by atoms with Gasteiger partial charge < -0.3 is 9.53 Å². The first-order valence-corrected chi connectivity index (χ1v) is 8.95. The van der Waals surface area contributed by atoms with Crippen LogP contribution in [-0.2, 0) is 4.43 Å². The normalized spacial score (nSPS) is 27.8. The Hall–Kier alpha value is 0.0969. The maximum Gasteiger partial charge on any atom is 0.172 e. The number of unbranched alkanes of at least 4 members (excludes halogenated alkanes) is 1. The molecule has 1 heterocycles. The fourth-order valence-electron chi connectivity index (χ4n) is 2.10. The van der Waals surface area contributed by atoms with E-state index in [0.29, 0.717) is 6.04 Å². The van der Waals surface area contributed by atoms with E-state index in [9.17, 15) is 5.11 Å². The number of nitrogens with zero attached hydrogens (tertiary/aromatic N) is 1. The summed E-state index contributed by atoms with van der Waals surface area (Å²) in [5, 5.41) is 9.65. The summed E-state index contributed by atoms with van der Waals surface area (Å²) in [5.74, 6) is 0. The van der Waals surface area contributed by atoms with Gasteiger partial charge in [0.1, 0.15) is 0 Å². The molecule has 0 amide bonds. The minimum atomic E-state index is -0.925. The third-order valence-electron chi connectivity index (χ3n) is 2.97. The average molecular weight is 231 g/mol. The van der Waals surface area contributed by atoms with Gasteiger partial charge in [-0.1, -0.05) is 19.8 Å². The second-order valence-electron chi connectivity index (χ2n) is 4.80. The third-order valence-corrected chi connectivity index (χ3v) is 3.79. The lowest BCUT2D eigenvalue weighted by Crippen LogP contribution is -2.34. The first-order chi connectivity index (χ1) is 7.13. The van der Waals surface area contributed by atoms with E-state index in [4.69, 9.17) is 4.43 Å². The molecule has 1 aliphatic heterocycles. The number of hydrogen-bond acceptors (Lipinski definition) is 3. The van der Waals surface area contributed by atoms with E-state index in [1.165, 1.54) is 19.3 Å². The maximum absolute atomic E-state index is 9.65. The minimum Gasteiger partial charge on any atom is -0.408 e. The minimum absolute atomic E-state index is 0.135. The molecule has 2 atom stereocenters. The standard InChI is InChI=1S/C11H25NO2Si/c1-4-5-6-10-7-11(13)8-12(10)9-14-15(2)3/h10-11,13,15H,4-9H2,1-3H3. The van der Waals surface area contributed by atoms with Gasteiger partial charge in [-0.3, -0.25) is 4.90 Å². The summed E-state index contributed by atoms with van der Waals surface area (Å²) < 4.78 is 5.74. The van der Waals surface area contributed by atoms with Crippen molar-refractivity contribution < 1.29 is 9.53 Å². The van der Waals surface area contributed by atoms with Crippen LogP contribution in [-0.4, -0.2) is 44.5 Å². The Kier molecular flexibility index (Phi) is 5.82. The van der Waals surface area contributed by atoms with Crippen LogP contribution in [0.4, 0.5) is 0 Å². The van der Waals surface area contributed by atoms with E-state index in [2.05, 4.69) is 24.9 Å². The zero-order valence-electron chi connectivity index (χ0n) is 10.3. The average Bonchev–Trinajstić information content (AvgIpc) is 2.52.